The van der Waals surface area contributed by atoms with Gasteiger partial charge in [-0.25, -0.2) is 0 Å². The largest absolute Gasteiger partial charge is 0.396 e. The van der Waals surface area contributed by atoms with Gasteiger partial charge in [0.2, 0.25) is 0 Å². The molecule has 0 amide bonds. The maximum atomic E-state index is 9.18. The molecule has 2 unspecified atom stereocenters. The van der Waals surface area contributed by atoms with Crippen molar-refractivity contribution in [3.05, 3.63) is 0 Å². The fourth-order valence-electron chi connectivity index (χ4n) is 1.77. The van der Waals surface area contributed by atoms with E-state index in [9.17, 15) is 5.11 Å². The quantitative estimate of drug-likeness (QED) is 0.362. The van der Waals surface area contributed by atoms with Crippen LogP contribution in [-0.2, 0) is 4.74 Å². The van der Waals surface area contributed by atoms with Crippen molar-refractivity contribution in [3.63, 3.8) is 0 Å². The summed E-state index contributed by atoms with van der Waals surface area (Å²) in [5.74, 6) is 0. The SMILES string of the molecule is OCCCCCCCC(CCO)OCC(O)CO. The molecule has 0 aromatic heterocycles. The predicted molar refractivity (Wildman–Crippen MR) is 69.3 cm³/mol. The van der Waals surface area contributed by atoms with Crippen molar-refractivity contribution < 1.29 is 25.2 Å². The lowest BCUT2D eigenvalue weighted by Crippen LogP contribution is -2.25. The van der Waals surface area contributed by atoms with Crippen LogP contribution in [0.25, 0.3) is 0 Å². The van der Waals surface area contributed by atoms with E-state index in [1.807, 2.05) is 0 Å². The van der Waals surface area contributed by atoms with E-state index in [-0.39, 0.29) is 32.5 Å². The summed E-state index contributed by atoms with van der Waals surface area (Å²) >= 11 is 0. The van der Waals surface area contributed by atoms with Crippen LogP contribution < -0.4 is 0 Å². The molecule has 4 N–H and O–H groups in total. The molecular weight excluding hydrogens is 236 g/mol. The zero-order chi connectivity index (χ0) is 13.6. The molecule has 0 aromatic rings. The van der Waals surface area contributed by atoms with E-state index in [1.54, 1.807) is 0 Å². The van der Waals surface area contributed by atoms with Gasteiger partial charge in [0, 0.05) is 13.2 Å². The molecule has 2 atom stereocenters. The third-order valence-corrected chi connectivity index (χ3v) is 2.87. The number of ether oxygens (including phenoxy) is 1. The Bertz CT molecular complexity index is 165. The fourth-order valence-corrected chi connectivity index (χ4v) is 1.77. The summed E-state index contributed by atoms with van der Waals surface area (Å²) in [4.78, 5) is 0. The lowest BCUT2D eigenvalue weighted by molar-refractivity contribution is -0.0385. The van der Waals surface area contributed by atoms with Gasteiger partial charge in [-0.2, -0.15) is 0 Å². The molecule has 110 valence electrons. The molecule has 0 aromatic carbocycles. The first-order chi connectivity index (χ1) is 8.74. The molecule has 0 aliphatic rings. The number of aliphatic hydroxyl groups excluding tert-OH is 4. The zero-order valence-electron chi connectivity index (χ0n) is 11.1. The van der Waals surface area contributed by atoms with Crippen molar-refractivity contribution in [2.45, 2.75) is 57.2 Å². The summed E-state index contributed by atoms with van der Waals surface area (Å²) in [6, 6.07) is 0. The minimum Gasteiger partial charge on any atom is -0.396 e. The Kier molecular flexibility index (Phi) is 13.1. The molecule has 5 nitrogen and oxygen atoms in total. The molecular formula is C13H28O5. The summed E-state index contributed by atoms with van der Waals surface area (Å²) in [6.45, 7) is 0.151. The van der Waals surface area contributed by atoms with Crippen molar-refractivity contribution in [2.75, 3.05) is 26.4 Å². The van der Waals surface area contributed by atoms with Crippen molar-refractivity contribution in [2.24, 2.45) is 0 Å². The number of aliphatic hydroxyl groups is 4. The van der Waals surface area contributed by atoms with E-state index in [4.69, 9.17) is 20.1 Å². The van der Waals surface area contributed by atoms with Gasteiger partial charge in [0.05, 0.1) is 19.3 Å². The summed E-state index contributed by atoms with van der Waals surface area (Å²) in [5.41, 5.74) is 0. The minimum atomic E-state index is -0.837. The summed E-state index contributed by atoms with van der Waals surface area (Å²) in [5, 5.41) is 35.4. The molecule has 5 heteroatoms. The highest BCUT2D eigenvalue weighted by molar-refractivity contribution is 4.60. The standard InChI is InChI=1S/C13H28O5/c14-8-5-3-1-2-4-6-13(7-9-15)18-11-12(17)10-16/h12-17H,1-11H2. The third kappa shape index (κ3) is 10.9. The highest BCUT2D eigenvalue weighted by Crippen LogP contribution is 2.12. The van der Waals surface area contributed by atoms with Gasteiger partial charge in [-0.05, 0) is 19.3 Å². The van der Waals surface area contributed by atoms with Crippen molar-refractivity contribution in [1.29, 1.82) is 0 Å². The smallest absolute Gasteiger partial charge is 0.100 e. The van der Waals surface area contributed by atoms with Gasteiger partial charge in [0.25, 0.3) is 0 Å². The normalized spacial score (nSPS) is 14.7. The van der Waals surface area contributed by atoms with Crippen LogP contribution in [0.15, 0.2) is 0 Å². The number of hydrogen-bond donors (Lipinski definition) is 4. The molecule has 0 saturated heterocycles. The average molecular weight is 264 g/mol. The Morgan fingerprint density at radius 2 is 1.44 bits per heavy atom. The molecule has 0 heterocycles. The van der Waals surface area contributed by atoms with E-state index < -0.39 is 6.10 Å². The number of unbranched alkanes of at least 4 members (excludes halogenated alkanes) is 4. The van der Waals surface area contributed by atoms with Crippen LogP contribution in [0.3, 0.4) is 0 Å². The molecule has 0 rings (SSSR count). The fraction of sp³-hybridized carbons (Fsp3) is 1.00. The first-order valence-corrected chi connectivity index (χ1v) is 6.86. The minimum absolute atomic E-state index is 0.0472. The van der Waals surface area contributed by atoms with E-state index in [0.29, 0.717) is 6.42 Å². The molecule has 0 radical (unpaired) electrons. The summed E-state index contributed by atoms with van der Waals surface area (Å²) in [7, 11) is 0. The van der Waals surface area contributed by atoms with Gasteiger partial charge in [0.1, 0.15) is 6.10 Å². The first-order valence-electron chi connectivity index (χ1n) is 6.86. The Hall–Kier alpha value is -0.200. The zero-order valence-corrected chi connectivity index (χ0v) is 11.1. The van der Waals surface area contributed by atoms with Gasteiger partial charge in [-0.15, -0.1) is 0 Å². The van der Waals surface area contributed by atoms with Crippen LogP contribution in [-0.4, -0.2) is 59.1 Å². The van der Waals surface area contributed by atoms with Crippen LogP contribution in [0.5, 0.6) is 0 Å². The highest BCUT2D eigenvalue weighted by Gasteiger charge is 2.11. The van der Waals surface area contributed by atoms with Crippen LogP contribution in [0, 0.1) is 0 Å². The topological polar surface area (TPSA) is 90.2 Å². The molecule has 0 aliphatic heterocycles. The predicted octanol–water partition coefficient (Wildman–Crippen LogP) is 0.440. The second kappa shape index (κ2) is 13.2. The first kappa shape index (κ1) is 17.8. The average Bonchev–Trinajstić information content (AvgIpc) is 2.39. The van der Waals surface area contributed by atoms with Crippen molar-refractivity contribution in [1.82, 2.24) is 0 Å². The maximum Gasteiger partial charge on any atom is 0.100 e. The lowest BCUT2D eigenvalue weighted by Gasteiger charge is -2.18. The third-order valence-electron chi connectivity index (χ3n) is 2.87. The van der Waals surface area contributed by atoms with Gasteiger partial charge < -0.3 is 25.2 Å². The van der Waals surface area contributed by atoms with Gasteiger partial charge >= 0.3 is 0 Å². The summed E-state index contributed by atoms with van der Waals surface area (Å²) in [6.07, 6.45) is 5.66. The van der Waals surface area contributed by atoms with Crippen LogP contribution >= 0.6 is 0 Å². The molecule has 18 heavy (non-hydrogen) atoms. The summed E-state index contributed by atoms with van der Waals surface area (Å²) < 4.78 is 5.45. The number of hydrogen-bond acceptors (Lipinski definition) is 5. The van der Waals surface area contributed by atoms with Gasteiger partial charge in [0.15, 0.2) is 0 Å². The van der Waals surface area contributed by atoms with E-state index in [2.05, 4.69) is 0 Å². The number of rotatable bonds is 13. The van der Waals surface area contributed by atoms with Crippen molar-refractivity contribution >= 4 is 0 Å². The highest BCUT2D eigenvalue weighted by atomic mass is 16.5. The molecule has 0 bridgehead atoms. The second-order valence-corrected chi connectivity index (χ2v) is 4.58. The maximum absolute atomic E-state index is 9.18. The van der Waals surface area contributed by atoms with Crippen LogP contribution in [0.1, 0.15) is 44.9 Å². The lowest BCUT2D eigenvalue weighted by atomic mass is 10.1. The Morgan fingerprint density at radius 1 is 0.778 bits per heavy atom. The molecule has 0 fully saturated rings. The molecule has 0 spiro atoms. The van der Waals surface area contributed by atoms with Crippen LogP contribution in [0.2, 0.25) is 0 Å². The van der Waals surface area contributed by atoms with Gasteiger partial charge in [-0.1, -0.05) is 25.7 Å². The van der Waals surface area contributed by atoms with E-state index in [1.165, 1.54) is 0 Å². The van der Waals surface area contributed by atoms with E-state index >= 15 is 0 Å². The van der Waals surface area contributed by atoms with Crippen LogP contribution in [0.4, 0.5) is 0 Å². The molecule has 0 aliphatic carbocycles. The molecule has 0 saturated carbocycles. The van der Waals surface area contributed by atoms with Gasteiger partial charge in [-0.3, -0.25) is 0 Å². The Morgan fingerprint density at radius 3 is 2.06 bits per heavy atom. The van der Waals surface area contributed by atoms with E-state index in [0.717, 1.165) is 38.5 Å². The Balaban J connectivity index is 3.56. The van der Waals surface area contributed by atoms with Crippen molar-refractivity contribution in [3.8, 4) is 0 Å². The monoisotopic (exact) mass is 264 g/mol. The Labute approximate surface area is 109 Å². The second-order valence-electron chi connectivity index (χ2n) is 4.58.